The molecule has 1 aliphatic heterocycles. The number of alkyl halides is 2. The minimum absolute atomic E-state index is 0.0465. The molecule has 1 heterocycles. The van der Waals surface area contributed by atoms with Gasteiger partial charge in [-0.05, 0) is 17.7 Å². The van der Waals surface area contributed by atoms with Gasteiger partial charge in [0.05, 0.1) is 7.11 Å². The first-order valence-corrected chi connectivity index (χ1v) is 8.62. The number of nitrogens with zero attached hydrogens (tertiary/aromatic N) is 1. The Morgan fingerprint density at radius 3 is 2.54 bits per heavy atom. The molecule has 7 nitrogen and oxygen atoms in total. The molecule has 3 atom stereocenters. The molecule has 1 aliphatic rings. The fourth-order valence-corrected chi connectivity index (χ4v) is 2.95. The standard InChI is InChI=1S/C17H18Cl2N2O5/c1-10(8-18)14(17(24)25-2)21-15(19)13(16(21)23)20-12(22)9-26-11-6-4-3-5-7-11/h3-7,13-15H,1,8-9H2,2H3,(H,20,22). The van der Waals surface area contributed by atoms with Crippen LogP contribution < -0.4 is 10.1 Å². The summed E-state index contributed by atoms with van der Waals surface area (Å²) in [5, 5.41) is 2.48. The van der Waals surface area contributed by atoms with Crippen LogP contribution in [0, 0.1) is 0 Å². The van der Waals surface area contributed by atoms with Crippen LogP contribution in [0.15, 0.2) is 42.5 Å². The van der Waals surface area contributed by atoms with Gasteiger partial charge in [-0.3, -0.25) is 9.59 Å². The average molecular weight is 401 g/mol. The molecular weight excluding hydrogens is 383 g/mol. The van der Waals surface area contributed by atoms with Crippen molar-refractivity contribution in [1.29, 1.82) is 0 Å². The summed E-state index contributed by atoms with van der Waals surface area (Å²) in [4.78, 5) is 37.3. The van der Waals surface area contributed by atoms with E-state index in [1.165, 1.54) is 7.11 Å². The second kappa shape index (κ2) is 8.91. The van der Waals surface area contributed by atoms with Gasteiger partial charge in [-0.15, -0.1) is 11.6 Å². The Morgan fingerprint density at radius 2 is 2.00 bits per heavy atom. The largest absolute Gasteiger partial charge is 0.484 e. The molecular formula is C17H18Cl2N2O5. The SMILES string of the molecule is C=C(CCl)C(C(=O)OC)N1C(=O)C(NC(=O)COc2ccccc2)C1Cl. The van der Waals surface area contributed by atoms with Gasteiger partial charge in [0.15, 0.2) is 12.6 Å². The Morgan fingerprint density at radius 1 is 1.35 bits per heavy atom. The highest BCUT2D eigenvalue weighted by Crippen LogP contribution is 2.30. The number of esters is 1. The number of hydrogen-bond acceptors (Lipinski definition) is 5. The molecule has 0 aromatic heterocycles. The van der Waals surface area contributed by atoms with Crippen molar-refractivity contribution in [3.63, 3.8) is 0 Å². The van der Waals surface area contributed by atoms with Crippen LogP contribution >= 0.6 is 23.2 Å². The Balaban J connectivity index is 1.94. The van der Waals surface area contributed by atoms with Gasteiger partial charge in [0.2, 0.25) is 0 Å². The van der Waals surface area contributed by atoms with E-state index in [1.54, 1.807) is 24.3 Å². The minimum Gasteiger partial charge on any atom is -0.484 e. The smallest absolute Gasteiger partial charge is 0.333 e. The molecule has 0 bridgehead atoms. The fraction of sp³-hybridized carbons (Fsp3) is 0.353. The second-order valence-corrected chi connectivity index (χ2v) is 6.20. The van der Waals surface area contributed by atoms with E-state index < -0.39 is 35.4 Å². The van der Waals surface area contributed by atoms with Crippen LogP contribution in [0.5, 0.6) is 5.75 Å². The van der Waals surface area contributed by atoms with Gasteiger partial charge < -0.3 is 19.7 Å². The fourth-order valence-electron chi connectivity index (χ4n) is 2.42. The number of benzene rings is 1. The van der Waals surface area contributed by atoms with E-state index in [4.69, 9.17) is 27.9 Å². The lowest BCUT2D eigenvalue weighted by Gasteiger charge is -2.47. The highest BCUT2D eigenvalue weighted by atomic mass is 35.5. The van der Waals surface area contributed by atoms with E-state index in [0.29, 0.717) is 5.75 Å². The third-order valence-electron chi connectivity index (χ3n) is 3.75. The highest BCUT2D eigenvalue weighted by molar-refractivity contribution is 6.27. The molecule has 26 heavy (non-hydrogen) atoms. The number of β-lactam (4-membered cyclic amide) rings is 1. The predicted octanol–water partition coefficient (Wildman–Crippen LogP) is 1.29. The van der Waals surface area contributed by atoms with Crippen molar-refractivity contribution in [2.45, 2.75) is 17.6 Å². The number of para-hydroxylation sites is 1. The third-order valence-corrected chi connectivity index (χ3v) is 4.56. The van der Waals surface area contributed by atoms with Gasteiger partial charge in [-0.25, -0.2) is 4.79 Å². The van der Waals surface area contributed by atoms with E-state index in [2.05, 4.69) is 16.6 Å². The highest BCUT2D eigenvalue weighted by Gasteiger charge is 2.53. The van der Waals surface area contributed by atoms with E-state index in [1.807, 2.05) is 6.07 Å². The molecule has 3 unspecified atom stereocenters. The zero-order chi connectivity index (χ0) is 19.3. The normalized spacial score (nSPS) is 20.0. The monoisotopic (exact) mass is 400 g/mol. The second-order valence-electron chi connectivity index (χ2n) is 5.48. The van der Waals surface area contributed by atoms with Crippen LogP contribution in [-0.4, -0.2) is 59.9 Å². The lowest BCUT2D eigenvalue weighted by atomic mass is 9.99. The van der Waals surface area contributed by atoms with Crippen LogP contribution in [0.2, 0.25) is 0 Å². The van der Waals surface area contributed by atoms with Crippen molar-refractivity contribution in [1.82, 2.24) is 10.2 Å². The Hall–Kier alpha value is -2.25. The van der Waals surface area contributed by atoms with Gasteiger partial charge in [0, 0.05) is 5.88 Å². The van der Waals surface area contributed by atoms with Crippen LogP contribution in [-0.2, 0) is 19.1 Å². The van der Waals surface area contributed by atoms with Crippen LogP contribution in [0.3, 0.4) is 0 Å². The van der Waals surface area contributed by atoms with Crippen LogP contribution in [0.25, 0.3) is 0 Å². The van der Waals surface area contributed by atoms with E-state index in [-0.39, 0.29) is 18.1 Å². The summed E-state index contributed by atoms with van der Waals surface area (Å²) in [6.45, 7) is 3.40. The van der Waals surface area contributed by atoms with Gasteiger partial charge in [0.1, 0.15) is 17.3 Å². The van der Waals surface area contributed by atoms with Gasteiger partial charge in [0.25, 0.3) is 11.8 Å². The summed E-state index contributed by atoms with van der Waals surface area (Å²) in [6.07, 6.45) is 0. The van der Waals surface area contributed by atoms with Crippen molar-refractivity contribution in [3.05, 3.63) is 42.5 Å². The summed E-state index contributed by atoms with van der Waals surface area (Å²) in [5.74, 6) is -1.26. The van der Waals surface area contributed by atoms with Crippen LogP contribution in [0.1, 0.15) is 0 Å². The lowest BCUT2D eigenvalue weighted by Crippen LogP contribution is -2.72. The number of carbonyl (C=O) groups is 3. The molecule has 0 saturated carbocycles. The molecule has 1 fully saturated rings. The van der Waals surface area contributed by atoms with Crippen molar-refractivity contribution >= 4 is 41.0 Å². The van der Waals surface area contributed by atoms with Gasteiger partial charge >= 0.3 is 5.97 Å². The number of rotatable bonds is 8. The summed E-state index contributed by atoms with van der Waals surface area (Å²) >= 11 is 11.9. The molecule has 0 spiro atoms. The summed E-state index contributed by atoms with van der Waals surface area (Å²) in [7, 11) is 1.19. The lowest BCUT2D eigenvalue weighted by molar-refractivity contribution is -0.161. The zero-order valence-electron chi connectivity index (χ0n) is 14.0. The summed E-state index contributed by atoms with van der Waals surface area (Å²) in [5.41, 5.74) is -0.665. The molecule has 1 saturated heterocycles. The molecule has 1 aromatic rings. The number of methoxy groups -OCH3 is 1. The van der Waals surface area contributed by atoms with E-state index >= 15 is 0 Å². The number of halogens is 2. The Labute approximate surface area is 160 Å². The number of amides is 2. The summed E-state index contributed by atoms with van der Waals surface area (Å²) in [6, 6.07) is 6.69. The average Bonchev–Trinajstić information content (AvgIpc) is 2.67. The van der Waals surface area contributed by atoms with Gasteiger partial charge in [-0.1, -0.05) is 36.4 Å². The van der Waals surface area contributed by atoms with Gasteiger partial charge in [-0.2, -0.15) is 0 Å². The molecule has 0 radical (unpaired) electrons. The molecule has 0 aliphatic carbocycles. The van der Waals surface area contributed by atoms with E-state index in [0.717, 1.165) is 4.90 Å². The Kier molecular flexibility index (Phi) is 6.88. The number of carbonyl (C=O) groups excluding carboxylic acids is 3. The maximum absolute atomic E-state index is 12.4. The van der Waals surface area contributed by atoms with Crippen molar-refractivity contribution in [2.24, 2.45) is 0 Å². The first-order valence-electron chi connectivity index (χ1n) is 7.65. The Bertz CT molecular complexity index is 682. The molecule has 1 N–H and O–H groups in total. The number of hydrogen-bond donors (Lipinski definition) is 1. The topological polar surface area (TPSA) is 84.9 Å². The third kappa shape index (κ3) is 4.28. The molecule has 2 rings (SSSR count). The quantitative estimate of drug-likeness (QED) is 0.233. The summed E-state index contributed by atoms with van der Waals surface area (Å²) < 4.78 is 9.98. The van der Waals surface area contributed by atoms with E-state index in [9.17, 15) is 14.4 Å². The van der Waals surface area contributed by atoms with Crippen molar-refractivity contribution in [2.75, 3.05) is 19.6 Å². The number of ether oxygens (including phenoxy) is 2. The van der Waals surface area contributed by atoms with Crippen molar-refractivity contribution < 1.29 is 23.9 Å². The molecule has 1 aromatic carbocycles. The number of likely N-dealkylation sites (tertiary alicyclic amines) is 1. The predicted molar refractivity (Wildman–Crippen MR) is 96.0 cm³/mol. The maximum atomic E-state index is 12.4. The number of nitrogens with one attached hydrogen (secondary N) is 1. The first kappa shape index (κ1) is 20.1. The zero-order valence-corrected chi connectivity index (χ0v) is 15.5. The maximum Gasteiger partial charge on any atom is 0.333 e. The first-order chi connectivity index (χ1) is 12.4. The molecule has 140 valence electrons. The van der Waals surface area contributed by atoms with Crippen molar-refractivity contribution in [3.8, 4) is 5.75 Å². The molecule has 2 amide bonds. The minimum atomic E-state index is -1.10. The molecule has 9 heteroatoms. The van der Waals surface area contributed by atoms with Crippen LogP contribution in [0.4, 0.5) is 0 Å².